The van der Waals surface area contributed by atoms with Crippen molar-refractivity contribution in [2.75, 3.05) is 19.1 Å². The molecule has 166 valence electrons. The van der Waals surface area contributed by atoms with Crippen LogP contribution in [0.4, 0.5) is 18.9 Å². The van der Waals surface area contributed by atoms with Crippen LogP contribution in [0.3, 0.4) is 0 Å². The number of rotatable bonds is 5. The molecule has 0 aromatic heterocycles. The molecule has 0 bridgehead atoms. The highest BCUT2D eigenvalue weighted by molar-refractivity contribution is 6.05. The Labute approximate surface area is 181 Å². The fraction of sp³-hybridized carbons (Fsp3) is 0.130. The van der Waals surface area contributed by atoms with Gasteiger partial charge >= 0.3 is 18.1 Å². The second-order valence-electron chi connectivity index (χ2n) is 6.41. The maximum Gasteiger partial charge on any atom is 0.420 e. The van der Waals surface area contributed by atoms with Crippen molar-refractivity contribution >= 4 is 17.6 Å². The first-order chi connectivity index (χ1) is 15.3. The summed E-state index contributed by atoms with van der Waals surface area (Å²) in [7, 11) is 2.22. The quantitative estimate of drug-likeness (QED) is 0.605. The van der Waals surface area contributed by atoms with Crippen molar-refractivity contribution in [3.05, 3.63) is 89.8 Å². The molecule has 6 nitrogen and oxygen atoms in total. The monoisotopic (exact) mass is 445 g/mol. The number of carbonyl (C=O) groups is 2. The summed E-state index contributed by atoms with van der Waals surface area (Å²) in [6.07, 6.45) is 0.805. The number of ether oxygens (including phenoxy) is 3. The van der Waals surface area contributed by atoms with Crippen LogP contribution in [0.15, 0.2) is 84.2 Å². The highest BCUT2D eigenvalue weighted by Gasteiger charge is 2.36. The maximum atomic E-state index is 13.9. The number of allylic oxidation sites excluding steroid dienone is 2. The third kappa shape index (κ3) is 4.83. The van der Waals surface area contributed by atoms with Crippen molar-refractivity contribution < 1.29 is 37.0 Å². The fourth-order valence-corrected chi connectivity index (χ4v) is 2.96. The van der Waals surface area contributed by atoms with Crippen molar-refractivity contribution in [1.29, 1.82) is 0 Å². The van der Waals surface area contributed by atoms with Crippen LogP contribution in [0, 0.1) is 0 Å². The van der Waals surface area contributed by atoms with Gasteiger partial charge in [-0.15, -0.1) is 0 Å². The summed E-state index contributed by atoms with van der Waals surface area (Å²) >= 11 is 0. The van der Waals surface area contributed by atoms with E-state index in [1.807, 2.05) is 0 Å². The number of para-hydroxylation sites is 1. The lowest BCUT2D eigenvalue weighted by atomic mass is 10.1. The van der Waals surface area contributed by atoms with Crippen LogP contribution in [0.1, 0.15) is 5.56 Å². The van der Waals surface area contributed by atoms with Gasteiger partial charge in [0.25, 0.3) is 0 Å². The van der Waals surface area contributed by atoms with Crippen molar-refractivity contribution in [3.63, 3.8) is 0 Å². The van der Waals surface area contributed by atoms with Crippen molar-refractivity contribution in [2.45, 2.75) is 6.18 Å². The summed E-state index contributed by atoms with van der Waals surface area (Å²) in [5, 5.41) is 0. The standard InChI is InChI=1S/C23H18F3NO5/c1-30-21(28)17-10-6-7-13-27(20(17)22(29)31-2)15-11-12-19(18(14-15)23(24,25)26)32-16-8-4-3-5-9-16/h3-14H,1-2H3. The number of benzene rings is 2. The number of halogens is 3. The molecule has 9 heteroatoms. The zero-order chi connectivity index (χ0) is 23.3. The van der Waals surface area contributed by atoms with E-state index >= 15 is 0 Å². The molecule has 0 radical (unpaired) electrons. The average Bonchev–Trinajstić information content (AvgIpc) is 3.01. The summed E-state index contributed by atoms with van der Waals surface area (Å²) in [6, 6.07) is 11.3. The molecule has 0 atom stereocenters. The average molecular weight is 445 g/mol. The summed E-state index contributed by atoms with van der Waals surface area (Å²) in [6.45, 7) is 0. The molecule has 2 aromatic rings. The Kier molecular flexibility index (Phi) is 6.67. The molecular weight excluding hydrogens is 427 g/mol. The van der Waals surface area contributed by atoms with E-state index in [2.05, 4.69) is 0 Å². The number of alkyl halides is 3. The highest BCUT2D eigenvalue weighted by atomic mass is 19.4. The maximum absolute atomic E-state index is 13.9. The lowest BCUT2D eigenvalue weighted by molar-refractivity contribution is -0.139. The van der Waals surface area contributed by atoms with E-state index in [-0.39, 0.29) is 22.7 Å². The Morgan fingerprint density at radius 1 is 0.906 bits per heavy atom. The Morgan fingerprint density at radius 3 is 2.22 bits per heavy atom. The summed E-state index contributed by atoms with van der Waals surface area (Å²) < 4.78 is 56.5. The van der Waals surface area contributed by atoms with E-state index in [1.54, 1.807) is 18.2 Å². The summed E-state index contributed by atoms with van der Waals surface area (Å²) in [5.41, 5.74) is -1.58. The van der Waals surface area contributed by atoms with Gasteiger partial charge in [-0.05, 0) is 42.5 Å². The van der Waals surface area contributed by atoms with Crippen LogP contribution < -0.4 is 9.64 Å². The van der Waals surface area contributed by atoms with Gasteiger partial charge in [-0.25, -0.2) is 9.59 Å². The minimum Gasteiger partial charge on any atom is -0.465 e. The molecule has 32 heavy (non-hydrogen) atoms. The van der Waals surface area contributed by atoms with E-state index < -0.39 is 29.4 Å². The van der Waals surface area contributed by atoms with Crippen molar-refractivity contribution in [2.24, 2.45) is 0 Å². The van der Waals surface area contributed by atoms with Gasteiger partial charge < -0.3 is 19.1 Å². The van der Waals surface area contributed by atoms with Gasteiger partial charge in [-0.2, -0.15) is 13.2 Å². The predicted molar refractivity (Wildman–Crippen MR) is 110 cm³/mol. The van der Waals surface area contributed by atoms with Crippen molar-refractivity contribution in [3.8, 4) is 11.5 Å². The second kappa shape index (κ2) is 9.42. The third-order valence-electron chi connectivity index (χ3n) is 4.41. The fourth-order valence-electron chi connectivity index (χ4n) is 2.96. The minimum absolute atomic E-state index is 0.0421. The zero-order valence-electron chi connectivity index (χ0n) is 17.1. The van der Waals surface area contributed by atoms with E-state index in [0.717, 1.165) is 31.3 Å². The normalized spacial score (nSPS) is 13.6. The van der Waals surface area contributed by atoms with Crippen LogP contribution in [0.25, 0.3) is 0 Å². The van der Waals surface area contributed by atoms with Crippen LogP contribution in [-0.4, -0.2) is 26.2 Å². The number of esters is 2. The number of hydrogen-bond acceptors (Lipinski definition) is 6. The van der Waals surface area contributed by atoms with E-state index in [4.69, 9.17) is 14.2 Å². The Bertz CT molecular complexity index is 1100. The SMILES string of the molecule is COC(=O)C1=C(C(=O)OC)N(c2ccc(Oc3ccccc3)c(C(F)(F)F)c2)C=CC=C1. The van der Waals surface area contributed by atoms with Crippen LogP contribution >= 0.6 is 0 Å². The first kappa shape index (κ1) is 22.7. The zero-order valence-corrected chi connectivity index (χ0v) is 17.1. The number of nitrogens with zero attached hydrogens (tertiary/aromatic N) is 1. The number of methoxy groups -OCH3 is 2. The van der Waals surface area contributed by atoms with Crippen LogP contribution in [-0.2, 0) is 25.2 Å². The molecular formula is C23H18F3NO5. The summed E-state index contributed by atoms with van der Waals surface area (Å²) in [4.78, 5) is 25.8. The number of carbonyl (C=O) groups excluding carboxylic acids is 2. The molecule has 0 fully saturated rings. The van der Waals surface area contributed by atoms with Crippen LogP contribution in [0.5, 0.6) is 11.5 Å². The highest BCUT2D eigenvalue weighted by Crippen LogP contribution is 2.41. The number of hydrogen-bond donors (Lipinski definition) is 0. The molecule has 0 aliphatic carbocycles. The number of anilines is 1. The van der Waals surface area contributed by atoms with Gasteiger partial charge in [0.15, 0.2) is 0 Å². The van der Waals surface area contributed by atoms with Crippen LogP contribution in [0.2, 0.25) is 0 Å². The van der Waals surface area contributed by atoms with Gasteiger partial charge in [-0.3, -0.25) is 0 Å². The molecule has 0 saturated carbocycles. The van der Waals surface area contributed by atoms with E-state index in [0.29, 0.717) is 0 Å². The Balaban J connectivity index is 2.14. The molecule has 0 spiro atoms. The molecule has 2 aromatic carbocycles. The first-order valence-electron chi connectivity index (χ1n) is 9.25. The third-order valence-corrected chi connectivity index (χ3v) is 4.41. The Morgan fingerprint density at radius 2 is 1.59 bits per heavy atom. The lowest BCUT2D eigenvalue weighted by Crippen LogP contribution is -2.27. The topological polar surface area (TPSA) is 65.1 Å². The van der Waals surface area contributed by atoms with Gasteiger partial charge in [0.1, 0.15) is 22.8 Å². The van der Waals surface area contributed by atoms with E-state index in [9.17, 15) is 22.8 Å². The predicted octanol–water partition coefficient (Wildman–Crippen LogP) is 4.99. The molecule has 3 rings (SSSR count). The van der Waals surface area contributed by atoms with Gasteiger partial charge in [-0.1, -0.05) is 24.3 Å². The van der Waals surface area contributed by atoms with Crippen molar-refractivity contribution in [1.82, 2.24) is 0 Å². The Hall–Kier alpha value is -4.01. The largest absolute Gasteiger partial charge is 0.465 e. The van der Waals surface area contributed by atoms with E-state index in [1.165, 1.54) is 42.6 Å². The van der Waals surface area contributed by atoms with Gasteiger partial charge in [0, 0.05) is 11.9 Å². The summed E-state index contributed by atoms with van der Waals surface area (Å²) in [5.74, 6) is -1.97. The second-order valence-corrected chi connectivity index (χ2v) is 6.41. The molecule has 0 saturated heterocycles. The van der Waals surface area contributed by atoms with Gasteiger partial charge in [0.05, 0.1) is 19.8 Å². The molecule has 0 unspecified atom stereocenters. The molecule has 1 aliphatic rings. The smallest absolute Gasteiger partial charge is 0.420 e. The minimum atomic E-state index is -4.76. The van der Waals surface area contributed by atoms with Gasteiger partial charge in [0.2, 0.25) is 0 Å². The molecule has 1 heterocycles. The molecule has 0 amide bonds. The molecule has 0 N–H and O–H groups in total. The first-order valence-corrected chi connectivity index (χ1v) is 9.25. The molecule has 1 aliphatic heterocycles. The lowest BCUT2D eigenvalue weighted by Gasteiger charge is -2.24.